The first-order chi connectivity index (χ1) is 7.29. The lowest BCUT2D eigenvalue weighted by molar-refractivity contribution is 0.0678. The molecule has 0 N–H and O–H groups in total. The van der Waals surface area contributed by atoms with E-state index in [0.717, 1.165) is 4.90 Å². The maximum Gasteiger partial charge on any atom is 0.300 e. The van der Waals surface area contributed by atoms with Crippen LogP contribution in [0.2, 0.25) is 0 Å². The number of rotatable bonds is 3. The van der Waals surface area contributed by atoms with Crippen LogP contribution in [0.4, 0.5) is 8.78 Å². The average Bonchev–Trinajstić information content (AvgIpc) is 2.14. The standard InChI is InChI=1S/C12H14F2OS/c1-12(2,3)16-9-6-4-5-8(7-9)10(15)11(13)14/h4-7,11H,1-3H3. The van der Waals surface area contributed by atoms with Crippen LogP contribution < -0.4 is 0 Å². The quantitative estimate of drug-likeness (QED) is 0.590. The predicted molar refractivity (Wildman–Crippen MR) is 62.4 cm³/mol. The lowest BCUT2D eigenvalue weighted by atomic mass is 10.1. The van der Waals surface area contributed by atoms with Crippen LogP contribution in [0, 0.1) is 0 Å². The van der Waals surface area contributed by atoms with Gasteiger partial charge in [0.15, 0.2) is 0 Å². The molecular weight excluding hydrogens is 230 g/mol. The highest BCUT2D eigenvalue weighted by atomic mass is 32.2. The van der Waals surface area contributed by atoms with Gasteiger partial charge in [-0.25, -0.2) is 8.78 Å². The Kier molecular flexibility index (Phi) is 4.08. The summed E-state index contributed by atoms with van der Waals surface area (Å²) in [6.45, 7) is 6.08. The maximum absolute atomic E-state index is 12.2. The van der Waals surface area contributed by atoms with Gasteiger partial charge in [0.1, 0.15) is 0 Å². The highest BCUT2D eigenvalue weighted by Gasteiger charge is 2.19. The van der Waals surface area contributed by atoms with Gasteiger partial charge in [0.25, 0.3) is 0 Å². The minimum Gasteiger partial charge on any atom is -0.288 e. The first-order valence-corrected chi connectivity index (χ1v) is 5.73. The van der Waals surface area contributed by atoms with Crippen molar-refractivity contribution in [1.82, 2.24) is 0 Å². The third kappa shape index (κ3) is 3.93. The van der Waals surface area contributed by atoms with E-state index in [4.69, 9.17) is 0 Å². The Bertz CT molecular complexity index is 383. The molecular formula is C12H14F2OS. The molecule has 0 spiro atoms. The van der Waals surface area contributed by atoms with Crippen molar-refractivity contribution in [2.24, 2.45) is 0 Å². The Balaban J connectivity index is 2.91. The van der Waals surface area contributed by atoms with Gasteiger partial charge in [0.2, 0.25) is 5.78 Å². The van der Waals surface area contributed by atoms with Crippen LogP contribution in [0.3, 0.4) is 0 Å². The van der Waals surface area contributed by atoms with Crippen molar-refractivity contribution in [2.45, 2.75) is 36.8 Å². The summed E-state index contributed by atoms with van der Waals surface area (Å²) >= 11 is 1.55. The molecule has 0 aliphatic heterocycles. The second kappa shape index (κ2) is 4.95. The van der Waals surface area contributed by atoms with Crippen LogP contribution in [0.1, 0.15) is 31.1 Å². The average molecular weight is 244 g/mol. The number of halogens is 2. The van der Waals surface area contributed by atoms with Gasteiger partial charge < -0.3 is 0 Å². The molecule has 0 atom stereocenters. The van der Waals surface area contributed by atoms with E-state index in [1.165, 1.54) is 12.1 Å². The van der Waals surface area contributed by atoms with Crippen LogP contribution in [-0.4, -0.2) is 17.0 Å². The normalized spacial score (nSPS) is 11.9. The highest BCUT2D eigenvalue weighted by molar-refractivity contribution is 8.00. The van der Waals surface area contributed by atoms with Gasteiger partial charge in [-0.05, 0) is 12.1 Å². The predicted octanol–water partition coefficient (Wildman–Crippen LogP) is 4.03. The molecule has 0 fully saturated rings. The third-order valence-electron chi connectivity index (χ3n) is 1.74. The number of benzene rings is 1. The van der Waals surface area contributed by atoms with E-state index in [2.05, 4.69) is 0 Å². The lowest BCUT2D eigenvalue weighted by Crippen LogP contribution is -2.11. The van der Waals surface area contributed by atoms with E-state index in [-0.39, 0.29) is 10.3 Å². The molecule has 0 saturated carbocycles. The van der Waals surface area contributed by atoms with E-state index in [0.29, 0.717) is 0 Å². The molecule has 0 unspecified atom stereocenters. The van der Waals surface area contributed by atoms with E-state index in [9.17, 15) is 13.6 Å². The first-order valence-electron chi connectivity index (χ1n) is 4.91. The summed E-state index contributed by atoms with van der Waals surface area (Å²) in [5, 5.41) is 0. The molecule has 1 rings (SSSR count). The number of hydrogen-bond acceptors (Lipinski definition) is 2. The van der Waals surface area contributed by atoms with Gasteiger partial charge in [-0.2, -0.15) is 0 Å². The first kappa shape index (κ1) is 13.2. The van der Waals surface area contributed by atoms with Crippen molar-refractivity contribution in [3.05, 3.63) is 29.8 Å². The molecule has 0 amide bonds. The molecule has 16 heavy (non-hydrogen) atoms. The van der Waals surface area contributed by atoms with Crippen LogP contribution in [0.25, 0.3) is 0 Å². The highest BCUT2D eigenvalue weighted by Crippen LogP contribution is 2.32. The number of alkyl halides is 2. The van der Waals surface area contributed by atoms with Crippen molar-refractivity contribution in [1.29, 1.82) is 0 Å². The van der Waals surface area contributed by atoms with Gasteiger partial charge in [0, 0.05) is 15.2 Å². The van der Waals surface area contributed by atoms with Gasteiger partial charge in [0.05, 0.1) is 0 Å². The Morgan fingerprint density at radius 2 is 1.94 bits per heavy atom. The molecule has 0 bridgehead atoms. The Morgan fingerprint density at radius 1 is 1.31 bits per heavy atom. The zero-order valence-electron chi connectivity index (χ0n) is 9.46. The minimum absolute atomic E-state index is 0.00744. The smallest absolute Gasteiger partial charge is 0.288 e. The fourth-order valence-electron chi connectivity index (χ4n) is 1.19. The van der Waals surface area contributed by atoms with E-state index in [1.807, 2.05) is 26.8 Å². The van der Waals surface area contributed by atoms with Crippen molar-refractivity contribution < 1.29 is 13.6 Å². The van der Waals surface area contributed by atoms with Gasteiger partial charge >= 0.3 is 6.43 Å². The maximum atomic E-state index is 12.2. The summed E-state index contributed by atoms with van der Waals surface area (Å²) in [7, 11) is 0. The molecule has 0 aliphatic rings. The number of thioether (sulfide) groups is 1. The molecule has 1 aromatic carbocycles. The SMILES string of the molecule is CC(C)(C)Sc1cccc(C(=O)C(F)F)c1. The molecule has 0 heterocycles. The van der Waals surface area contributed by atoms with Crippen molar-refractivity contribution in [2.75, 3.05) is 0 Å². The van der Waals surface area contributed by atoms with Crippen LogP contribution in [0.15, 0.2) is 29.2 Å². The Hall–Kier alpha value is -0.900. The summed E-state index contributed by atoms with van der Waals surface area (Å²) in [5.41, 5.74) is 0.0734. The molecule has 0 radical (unpaired) electrons. The fraction of sp³-hybridized carbons (Fsp3) is 0.417. The Labute approximate surface area is 98.2 Å². The largest absolute Gasteiger partial charge is 0.300 e. The second-order valence-corrected chi connectivity index (χ2v) is 6.31. The van der Waals surface area contributed by atoms with Gasteiger partial charge in [-0.15, -0.1) is 11.8 Å². The van der Waals surface area contributed by atoms with E-state index < -0.39 is 12.2 Å². The molecule has 0 aliphatic carbocycles. The number of Topliss-reactive ketones (excluding diaryl/α,β-unsaturated/α-hetero) is 1. The lowest BCUT2D eigenvalue weighted by Gasteiger charge is -2.17. The zero-order valence-corrected chi connectivity index (χ0v) is 10.3. The van der Waals surface area contributed by atoms with Crippen molar-refractivity contribution in [3.8, 4) is 0 Å². The second-order valence-electron chi connectivity index (χ2n) is 4.41. The molecule has 1 aromatic rings. The van der Waals surface area contributed by atoms with Crippen LogP contribution in [0.5, 0.6) is 0 Å². The number of carbonyl (C=O) groups is 1. The monoisotopic (exact) mass is 244 g/mol. The number of ketones is 1. The molecule has 1 nitrogen and oxygen atoms in total. The Morgan fingerprint density at radius 3 is 2.44 bits per heavy atom. The third-order valence-corrected chi connectivity index (χ3v) is 2.84. The molecule has 4 heteroatoms. The van der Waals surface area contributed by atoms with E-state index in [1.54, 1.807) is 17.8 Å². The molecule has 0 saturated heterocycles. The summed E-state index contributed by atoms with van der Waals surface area (Å²) in [6.07, 6.45) is -2.94. The van der Waals surface area contributed by atoms with Crippen molar-refractivity contribution in [3.63, 3.8) is 0 Å². The number of carbonyl (C=O) groups excluding carboxylic acids is 1. The molecule has 0 aromatic heterocycles. The number of hydrogen-bond donors (Lipinski definition) is 0. The summed E-state index contributed by atoms with van der Waals surface area (Å²) in [4.78, 5) is 11.9. The molecule has 88 valence electrons. The minimum atomic E-state index is -2.94. The summed E-state index contributed by atoms with van der Waals surface area (Å²) in [5.74, 6) is -1.11. The fourth-order valence-corrected chi connectivity index (χ4v) is 2.23. The summed E-state index contributed by atoms with van der Waals surface area (Å²) in [6, 6.07) is 6.38. The van der Waals surface area contributed by atoms with Crippen LogP contribution in [-0.2, 0) is 0 Å². The topological polar surface area (TPSA) is 17.1 Å². The van der Waals surface area contributed by atoms with E-state index >= 15 is 0 Å². The van der Waals surface area contributed by atoms with Crippen molar-refractivity contribution >= 4 is 17.5 Å². The van der Waals surface area contributed by atoms with Gasteiger partial charge in [-0.1, -0.05) is 32.9 Å². The van der Waals surface area contributed by atoms with Gasteiger partial charge in [-0.3, -0.25) is 4.79 Å². The summed E-state index contributed by atoms with van der Waals surface area (Å²) < 4.78 is 24.4. The van der Waals surface area contributed by atoms with Crippen LogP contribution >= 0.6 is 11.8 Å². The zero-order chi connectivity index (χ0) is 12.3.